The highest BCUT2D eigenvalue weighted by Gasteiger charge is 2.30. The van der Waals surface area contributed by atoms with Crippen LogP contribution in [0.2, 0.25) is 0 Å². The number of ether oxygens (including phenoxy) is 1. The van der Waals surface area contributed by atoms with Gasteiger partial charge in [-0.05, 0) is 18.4 Å². The van der Waals surface area contributed by atoms with Crippen LogP contribution in [0.5, 0.6) is 0 Å². The van der Waals surface area contributed by atoms with Gasteiger partial charge in [-0.15, -0.1) is 0 Å². The summed E-state index contributed by atoms with van der Waals surface area (Å²) < 4.78 is 11.3. The van der Waals surface area contributed by atoms with E-state index in [0.29, 0.717) is 31.8 Å². The van der Waals surface area contributed by atoms with Crippen molar-refractivity contribution in [1.82, 2.24) is 19.9 Å². The Morgan fingerprint density at radius 3 is 2.92 bits per heavy atom. The molecule has 4 heterocycles. The first-order chi connectivity index (χ1) is 12.5. The molecule has 1 saturated heterocycles. The van der Waals surface area contributed by atoms with Gasteiger partial charge < -0.3 is 19.8 Å². The lowest BCUT2D eigenvalue weighted by Crippen LogP contribution is -2.36. The maximum absolute atomic E-state index is 12.9. The molecule has 8 nitrogen and oxygen atoms in total. The number of fused-ring (bicyclic) bond motifs is 1. The minimum Gasteiger partial charge on any atom is -0.445 e. The first-order valence-electron chi connectivity index (χ1n) is 9.01. The highest BCUT2D eigenvalue weighted by Crippen LogP contribution is 2.29. The van der Waals surface area contributed by atoms with Crippen LogP contribution in [0.1, 0.15) is 65.6 Å². The summed E-state index contributed by atoms with van der Waals surface area (Å²) in [5, 5.41) is 0. The Morgan fingerprint density at radius 1 is 1.35 bits per heavy atom. The third kappa shape index (κ3) is 3.16. The molecule has 0 aromatic carbocycles. The van der Waals surface area contributed by atoms with Gasteiger partial charge in [0.15, 0.2) is 5.89 Å². The molecule has 2 aliphatic rings. The van der Waals surface area contributed by atoms with Crippen molar-refractivity contribution in [2.75, 3.05) is 25.5 Å². The standard InChI is InChI=1S/C18H23N5O3/c1-10(2)12-7-13(22-18(19)21-12)17(24)23-5-3-15-14(8-23)20-16(26-15)11-4-6-25-9-11/h7,10-11H,3-6,8-9H2,1-2H3,(H2,19,21,22). The van der Waals surface area contributed by atoms with Gasteiger partial charge in [0.1, 0.15) is 17.1 Å². The Morgan fingerprint density at radius 2 is 2.19 bits per heavy atom. The third-order valence-electron chi connectivity index (χ3n) is 4.88. The summed E-state index contributed by atoms with van der Waals surface area (Å²) in [6.07, 6.45) is 1.58. The molecule has 2 aliphatic heterocycles. The average molecular weight is 357 g/mol. The number of carbonyl (C=O) groups excluding carboxylic acids is 1. The van der Waals surface area contributed by atoms with E-state index in [9.17, 15) is 4.79 Å². The van der Waals surface area contributed by atoms with Crippen molar-refractivity contribution in [2.45, 2.75) is 45.1 Å². The van der Waals surface area contributed by atoms with Gasteiger partial charge in [0.05, 0.1) is 19.1 Å². The molecule has 26 heavy (non-hydrogen) atoms. The van der Waals surface area contributed by atoms with Crippen molar-refractivity contribution in [1.29, 1.82) is 0 Å². The largest absolute Gasteiger partial charge is 0.445 e. The predicted molar refractivity (Wildman–Crippen MR) is 93.7 cm³/mol. The quantitative estimate of drug-likeness (QED) is 0.893. The van der Waals surface area contributed by atoms with Crippen LogP contribution in [0.15, 0.2) is 10.5 Å². The first-order valence-corrected chi connectivity index (χ1v) is 9.01. The molecule has 4 rings (SSSR count). The van der Waals surface area contributed by atoms with Gasteiger partial charge in [-0.2, -0.15) is 0 Å². The lowest BCUT2D eigenvalue weighted by Gasteiger charge is -2.25. The fourth-order valence-corrected chi connectivity index (χ4v) is 3.35. The van der Waals surface area contributed by atoms with E-state index in [-0.39, 0.29) is 23.7 Å². The average Bonchev–Trinajstić information content (AvgIpc) is 3.28. The summed E-state index contributed by atoms with van der Waals surface area (Å²) in [5.41, 5.74) is 7.71. The summed E-state index contributed by atoms with van der Waals surface area (Å²) in [6, 6.07) is 1.73. The molecular formula is C18H23N5O3. The zero-order chi connectivity index (χ0) is 18.3. The second-order valence-corrected chi connectivity index (χ2v) is 7.15. The molecule has 138 valence electrons. The number of hydrogen-bond acceptors (Lipinski definition) is 7. The third-order valence-corrected chi connectivity index (χ3v) is 4.88. The fourth-order valence-electron chi connectivity index (χ4n) is 3.35. The number of anilines is 1. The molecule has 0 aliphatic carbocycles. The summed E-state index contributed by atoms with van der Waals surface area (Å²) in [5.74, 6) is 1.98. The molecule has 2 aromatic heterocycles. The van der Waals surface area contributed by atoms with E-state index < -0.39 is 0 Å². The molecule has 1 fully saturated rings. The summed E-state index contributed by atoms with van der Waals surface area (Å²) in [4.78, 5) is 27.6. The maximum Gasteiger partial charge on any atom is 0.273 e. The van der Waals surface area contributed by atoms with Crippen molar-refractivity contribution in [3.8, 4) is 0 Å². The minimum absolute atomic E-state index is 0.127. The van der Waals surface area contributed by atoms with Crippen molar-refractivity contribution in [3.63, 3.8) is 0 Å². The van der Waals surface area contributed by atoms with Gasteiger partial charge >= 0.3 is 0 Å². The molecule has 1 atom stereocenters. The maximum atomic E-state index is 12.9. The Bertz CT molecular complexity index is 826. The first kappa shape index (κ1) is 17.0. The van der Waals surface area contributed by atoms with E-state index in [4.69, 9.17) is 14.9 Å². The Labute approximate surface area is 151 Å². The number of nitrogens with two attached hydrogens (primary N) is 1. The van der Waals surface area contributed by atoms with E-state index in [2.05, 4.69) is 15.0 Å². The highest BCUT2D eigenvalue weighted by atomic mass is 16.5. The molecule has 2 N–H and O–H groups in total. The summed E-state index contributed by atoms with van der Waals surface area (Å²) in [6.45, 7) is 6.41. The predicted octanol–water partition coefficient (Wildman–Crippen LogP) is 1.87. The van der Waals surface area contributed by atoms with Crippen LogP contribution in [-0.2, 0) is 17.7 Å². The monoisotopic (exact) mass is 357 g/mol. The fraction of sp³-hybridized carbons (Fsp3) is 0.556. The van der Waals surface area contributed by atoms with Crippen LogP contribution in [0, 0.1) is 0 Å². The van der Waals surface area contributed by atoms with Crippen molar-refractivity contribution >= 4 is 11.9 Å². The lowest BCUT2D eigenvalue weighted by molar-refractivity contribution is 0.0721. The number of hydrogen-bond donors (Lipinski definition) is 1. The number of carbonyl (C=O) groups is 1. The van der Waals surface area contributed by atoms with Crippen molar-refractivity contribution in [2.24, 2.45) is 0 Å². The summed E-state index contributed by atoms with van der Waals surface area (Å²) in [7, 11) is 0. The van der Waals surface area contributed by atoms with E-state index in [1.54, 1.807) is 11.0 Å². The number of amides is 1. The van der Waals surface area contributed by atoms with Crippen LogP contribution in [0.25, 0.3) is 0 Å². The Kier molecular flexibility index (Phi) is 4.36. The normalized spacial score (nSPS) is 19.8. The van der Waals surface area contributed by atoms with E-state index in [0.717, 1.165) is 36.1 Å². The van der Waals surface area contributed by atoms with Gasteiger partial charge in [0.25, 0.3) is 5.91 Å². The topological polar surface area (TPSA) is 107 Å². The molecular weight excluding hydrogens is 334 g/mol. The van der Waals surface area contributed by atoms with Gasteiger partial charge in [0.2, 0.25) is 5.95 Å². The van der Waals surface area contributed by atoms with Crippen LogP contribution < -0.4 is 5.73 Å². The molecule has 1 unspecified atom stereocenters. The minimum atomic E-state index is -0.152. The lowest BCUT2D eigenvalue weighted by atomic mass is 10.1. The molecule has 0 bridgehead atoms. The molecule has 1 amide bonds. The van der Waals surface area contributed by atoms with Crippen molar-refractivity contribution in [3.05, 3.63) is 34.8 Å². The van der Waals surface area contributed by atoms with Gasteiger partial charge in [-0.25, -0.2) is 15.0 Å². The van der Waals surface area contributed by atoms with Crippen LogP contribution in [0.4, 0.5) is 5.95 Å². The van der Waals surface area contributed by atoms with E-state index in [1.165, 1.54) is 0 Å². The number of aromatic nitrogens is 3. The smallest absolute Gasteiger partial charge is 0.273 e. The number of nitrogens with zero attached hydrogens (tertiary/aromatic N) is 4. The molecule has 0 radical (unpaired) electrons. The van der Waals surface area contributed by atoms with E-state index in [1.807, 2.05) is 13.8 Å². The zero-order valence-electron chi connectivity index (χ0n) is 15.1. The van der Waals surface area contributed by atoms with E-state index >= 15 is 0 Å². The number of oxazole rings is 1. The van der Waals surface area contributed by atoms with Gasteiger partial charge in [-0.1, -0.05) is 13.8 Å². The number of rotatable bonds is 3. The van der Waals surface area contributed by atoms with Crippen LogP contribution in [-0.4, -0.2) is 45.5 Å². The van der Waals surface area contributed by atoms with Crippen LogP contribution in [0.3, 0.4) is 0 Å². The molecule has 8 heteroatoms. The number of nitrogen functional groups attached to an aromatic ring is 1. The molecule has 0 spiro atoms. The van der Waals surface area contributed by atoms with Crippen LogP contribution >= 0.6 is 0 Å². The van der Waals surface area contributed by atoms with Crippen molar-refractivity contribution < 1.29 is 13.9 Å². The molecule has 2 aromatic rings. The second kappa shape index (κ2) is 6.68. The SMILES string of the molecule is CC(C)c1cc(C(=O)N2CCc3oc(C4CCOC4)nc3C2)nc(N)n1. The molecule has 0 saturated carbocycles. The second-order valence-electron chi connectivity index (χ2n) is 7.15. The van der Waals surface area contributed by atoms with Gasteiger partial charge in [-0.3, -0.25) is 4.79 Å². The Balaban J connectivity index is 1.54. The summed E-state index contributed by atoms with van der Waals surface area (Å²) >= 11 is 0. The highest BCUT2D eigenvalue weighted by molar-refractivity contribution is 5.92. The Hall–Kier alpha value is -2.48. The zero-order valence-corrected chi connectivity index (χ0v) is 15.1. The van der Waals surface area contributed by atoms with Gasteiger partial charge in [0, 0.05) is 25.3 Å².